The number of hydrogen-bond acceptors (Lipinski definition) is 3. The van der Waals surface area contributed by atoms with Crippen LogP contribution in [0.3, 0.4) is 0 Å². The Morgan fingerprint density at radius 3 is 2.11 bits per heavy atom. The topological polar surface area (TPSA) is 60.9 Å². The zero-order chi connectivity index (χ0) is 19.0. The van der Waals surface area contributed by atoms with Gasteiger partial charge in [-0.05, 0) is 47.3 Å². The van der Waals surface area contributed by atoms with Gasteiger partial charge in [0, 0.05) is 43.1 Å². The highest BCUT2D eigenvalue weighted by Gasteiger charge is 2.41. The molecule has 1 atom stereocenters. The summed E-state index contributed by atoms with van der Waals surface area (Å²) in [6.07, 6.45) is 3.69. The molecule has 3 fully saturated rings. The third-order valence-electron chi connectivity index (χ3n) is 6.00. The highest BCUT2D eigenvalue weighted by atomic mass is 79.9. The monoisotopic (exact) mass is 433 g/mol. The number of anilines is 1. The summed E-state index contributed by atoms with van der Waals surface area (Å²) in [6.45, 7) is 2.76. The molecule has 0 bridgehead atoms. The molecule has 144 valence electrons. The van der Waals surface area contributed by atoms with Crippen LogP contribution in [0.15, 0.2) is 28.7 Å². The number of carbonyl (C=O) groups excluding carboxylic acids is 3. The summed E-state index contributed by atoms with van der Waals surface area (Å²) in [6, 6.07) is 7.58. The fourth-order valence-electron chi connectivity index (χ4n) is 4.10. The molecule has 2 heterocycles. The van der Waals surface area contributed by atoms with Gasteiger partial charge in [0.05, 0.1) is 5.69 Å². The van der Waals surface area contributed by atoms with E-state index in [-0.39, 0.29) is 23.6 Å². The van der Waals surface area contributed by atoms with Crippen molar-refractivity contribution in [2.75, 3.05) is 37.6 Å². The van der Waals surface area contributed by atoms with Crippen molar-refractivity contribution < 1.29 is 14.4 Å². The van der Waals surface area contributed by atoms with E-state index in [0.717, 1.165) is 29.4 Å². The van der Waals surface area contributed by atoms with E-state index in [1.165, 1.54) is 0 Å². The molecule has 4 rings (SSSR count). The number of hydrogen-bond donors (Lipinski definition) is 0. The number of nitrogens with zero attached hydrogens (tertiary/aromatic N) is 3. The average molecular weight is 434 g/mol. The molecule has 2 aliphatic heterocycles. The van der Waals surface area contributed by atoms with E-state index in [1.54, 1.807) is 9.80 Å². The van der Waals surface area contributed by atoms with Crippen molar-refractivity contribution in [2.45, 2.75) is 25.7 Å². The van der Waals surface area contributed by atoms with Crippen LogP contribution in [0.2, 0.25) is 0 Å². The van der Waals surface area contributed by atoms with Gasteiger partial charge in [0.25, 0.3) is 0 Å². The minimum absolute atomic E-state index is 0.0923. The lowest BCUT2D eigenvalue weighted by molar-refractivity contribution is -0.147. The Hall–Kier alpha value is -1.89. The minimum Gasteiger partial charge on any atom is -0.339 e. The Morgan fingerprint density at radius 2 is 1.52 bits per heavy atom. The van der Waals surface area contributed by atoms with Crippen LogP contribution in [0.5, 0.6) is 0 Å². The standard InChI is InChI=1S/C20H24BrN3O3/c21-16-6-1-2-7-17(16)24-9-8-15(20(24)27)19(26)23-12-10-22(11-13-23)18(25)14-4-3-5-14/h1-2,6-7,14-15H,3-5,8-13H2. The van der Waals surface area contributed by atoms with Gasteiger partial charge in [0.15, 0.2) is 0 Å². The number of benzene rings is 1. The Bertz CT molecular complexity index is 757. The molecule has 3 aliphatic rings. The molecule has 1 aromatic carbocycles. The van der Waals surface area contributed by atoms with Gasteiger partial charge in [-0.15, -0.1) is 0 Å². The highest BCUT2D eigenvalue weighted by molar-refractivity contribution is 9.10. The van der Waals surface area contributed by atoms with Crippen molar-refractivity contribution >= 4 is 39.3 Å². The van der Waals surface area contributed by atoms with Crippen LogP contribution >= 0.6 is 15.9 Å². The molecular weight excluding hydrogens is 410 g/mol. The number of para-hydroxylation sites is 1. The van der Waals surface area contributed by atoms with Gasteiger partial charge in [-0.2, -0.15) is 0 Å². The molecule has 27 heavy (non-hydrogen) atoms. The third-order valence-corrected chi connectivity index (χ3v) is 6.67. The molecule has 0 N–H and O–H groups in total. The maximum absolute atomic E-state index is 12.9. The van der Waals surface area contributed by atoms with Gasteiger partial charge < -0.3 is 14.7 Å². The quantitative estimate of drug-likeness (QED) is 0.686. The van der Waals surface area contributed by atoms with Crippen LogP contribution in [0.25, 0.3) is 0 Å². The second kappa shape index (κ2) is 7.62. The lowest BCUT2D eigenvalue weighted by Gasteiger charge is -2.38. The number of rotatable bonds is 3. The van der Waals surface area contributed by atoms with Gasteiger partial charge in [-0.3, -0.25) is 14.4 Å². The van der Waals surface area contributed by atoms with Crippen LogP contribution in [-0.4, -0.2) is 60.2 Å². The number of piperazine rings is 1. The zero-order valence-corrected chi connectivity index (χ0v) is 16.9. The highest BCUT2D eigenvalue weighted by Crippen LogP contribution is 2.32. The summed E-state index contributed by atoms with van der Waals surface area (Å²) in [7, 11) is 0. The molecule has 3 amide bonds. The molecule has 0 radical (unpaired) electrons. The molecule has 0 spiro atoms. The first-order valence-corrected chi connectivity index (χ1v) is 10.5. The summed E-state index contributed by atoms with van der Waals surface area (Å²) in [4.78, 5) is 43.5. The van der Waals surface area contributed by atoms with Crippen molar-refractivity contribution in [3.05, 3.63) is 28.7 Å². The second-order valence-electron chi connectivity index (χ2n) is 7.56. The van der Waals surface area contributed by atoms with Crippen LogP contribution in [0.1, 0.15) is 25.7 Å². The van der Waals surface area contributed by atoms with Crippen molar-refractivity contribution in [3.8, 4) is 0 Å². The third kappa shape index (κ3) is 3.49. The first kappa shape index (κ1) is 18.5. The van der Waals surface area contributed by atoms with Crippen molar-refractivity contribution in [1.82, 2.24) is 9.80 Å². The number of halogens is 1. The van der Waals surface area contributed by atoms with E-state index < -0.39 is 5.92 Å². The molecule has 2 saturated heterocycles. The largest absolute Gasteiger partial charge is 0.339 e. The van der Waals surface area contributed by atoms with Crippen LogP contribution in [-0.2, 0) is 14.4 Å². The fourth-order valence-corrected chi connectivity index (χ4v) is 4.60. The maximum Gasteiger partial charge on any atom is 0.239 e. The predicted octanol–water partition coefficient (Wildman–Crippen LogP) is 2.27. The molecule has 7 heteroatoms. The second-order valence-corrected chi connectivity index (χ2v) is 8.42. The van der Waals surface area contributed by atoms with Gasteiger partial charge in [-0.1, -0.05) is 18.6 Å². The Kier molecular flexibility index (Phi) is 5.21. The van der Waals surface area contributed by atoms with E-state index in [4.69, 9.17) is 0 Å². The van der Waals surface area contributed by atoms with Crippen LogP contribution in [0.4, 0.5) is 5.69 Å². The summed E-state index contributed by atoms with van der Waals surface area (Å²) < 4.78 is 0.856. The van der Waals surface area contributed by atoms with E-state index in [9.17, 15) is 14.4 Å². The maximum atomic E-state index is 12.9. The first-order valence-electron chi connectivity index (χ1n) is 9.70. The van der Waals surface area contributed by atoms with Gasteiger partial charge in [0.1, 0.15) is 5.92 Å². The van der Waals surface area contributed by atoms with Crippen LogP contribution in [0, 0.1) is 11.8 Å². The molecule has 1 aliphatic carbocycles. The van der Waals surface area contributed by atoms with Crippen molar-refractivity contribution in [1.29, 1.82) is 0 Å². The summed E-state index contributed by atoms with van der Waals surface area (Å²) in [5.41, 5.74) is 0.814. The smallest absolute Gasteiger partial charge is 0.239 e. The molecule has 1 unspecified atom stereocenters. The SMILES string of the molecule is O=C(C1CCC1)N1CCN(C(=O)C2CCN(c3ccccc3Br)C2=O)CC1. The van der Waals surface area contributed by atoms with E-state index in [0.29, 0.717) is 39.1 Å². The summed E-state index contributed by atoms with van der Waals surface area (Å²) in [5.74, 6) is -0.386. The molecular formula is C20H24BrN3O3. The predicted molar refractivity (Wildman–Crippen MR) is 105 cm³/mol. The average Bonchev–Trinajstić information content (AvgIpc) is 3.01. The summed E-state index contributed by atoms with van der Waals surface area (Å²) >= 11 is 3.48. The van der Waals surface area contributed by atoms with E-state index >= 15 is 0 Å². The molecule has 1 aromatic rings. The van der Waals surface area contributed by atoms with Crippen molar-refractivity contribution in [2.24, 2.45) is 11.8 Å². The summed E-state index contributed by atoms with van der Waals surface area (Å²) in [5, 5.41) is 0. The van der Waals surface area contributed by atoms with Gasteiger partial charge >= 0.3 is 0 Å². The number of carbonyl (C=O) groups is 3. The Labute approximate surface area is 167 Å². The van der Waals surface area contributed by atoms with Gasteiger partial charge in [-0.25, -0.2) is 0 Å². The number of amides is 3. The fraction of sp³-hybridized carbons (Fsp3) is 0.550. The van der Waals surface area contributed by atoms with E-state index in [2.05, 4.69) is 15.9 Å². The molecule has 6 nitrogen and oxygen atoms in total. The lowest BCUT2D eigenvalue weighted by atomic mass is 9.84. The minimum atomic E-state index is -0.606. The first-order chi connectivity index (χ1) is 13.1. The normalized spacial score (nSPS) is 23.5. The van der Waals surface area contributed by atoms with E-state index in [1.807, 2.05) is 29.2 Å². The lowest BCUT2D eigenvalue weighted by Crippen LogP contribution is -2.54. The van der Waals surface area contributed by atoms with Crippen molar-refractivity contribution in [3.63, 3.8) is 0 Å². The van der Waals surface area contributed by atoms with Crippen LogP contribution < -0.4 is 4.90 Å². The zero-order valence-electron chi connectivity index (χ0n) is 15.3. The Balaban J connectivity index is 1.36. The molecule has 0 aromatic heterocycles. The molecule has 1 saturated carbocycles. The Morgan fingerprint density at radius 1 is 0.889 bits per heavy atom. The van der Waals surface area contributed by atoms with Gasteiger partial charge in [0.2, 0.25) is 17.7 Å².